The minimum atomic E-state index is -0.0225. The largest absolute Gasteiger partial charge is 0.303 e. The van der Waals surface area contributed by atoms with Gasteiger partial charge in [0, 0.05) is 13.1 Å². The maximum Gasteiger partial charge on any atom is 0.224 e. The van der Waals surface area contributed by atoms with Gasteiger partial charge in [0.1, 0.15) is 6.54 Å². The predicted octanol–water partition coefficient (Wildman–Crippen LogP) is 1.91. The molecular formula is C11H9NO. The molecule has 0 N–H and O–H groups in total. The molecule has 1 aliphatic heterocycles. The van der Waals surface area contributed by atoms with E-state index >= 15 is 0 Å². The minimum Gasteiger partial charge on any atom is -0.303 e. The molecule has 0 aromatic heterocycles. The van der Waals surface area contributed by atoms with E-state index < -0.39 is 0 Å². The Kier molecular flexibility index (Phi) is 1.89. The summed E-state index contributed by atoms with van der Waals surface area (Å²) in [5.41, 5.74) is 2.06. The van der Waals surface area contributed by atoms with Gasteiger partial charge in [-0.25, -0.2) is 0 Å². The molecule has 0 bridgehead atoms. The van der Waals surface area contributed by atoms with Crippen molar-refractivity contribution in [3.8, 4) is 0 Å². The van der Waals surface area contributed by atoms with Crippen molar-refractivity contribution in [2.75, 3.05) is 0 Å². The highest BCUT2D eigenvalue weighted by Gasteiger charge is 2.13. The van der Waals surface area contributed by atoms with Gasteiger partial charge in [0.05, 0.1) is 0 Å². The van der Waals surface area contributed by atoms with Gasteiger partial charge in [0.15, 0.2) is 0 Å². The van der Waals surface area contributed by atoms with Gasteiger partial charge in [-0.15, -0.1) is 0 Å². The normalized spacial score (nSPS) is 14.1. The highest BCUT2D eigenvalue weighted by atomic mass is 16.2. The Labute approximate surface area is 77.5 Å². The van der Waals surface area contributed by atoms with Crippen molar-refractivity contribution in [3.63, 3.8) is 0 Å². The summed E-state index contributed by atoms with van der Waals surface area (Å²) in [5.74, 6) is -0.0225. The Hall–Kier alpha value is -1.57. The van der Waals surface area contributed by atoms with E-state index in [1.807, 2.05) is 30.3 Å². The number of hydrogen-bond donors (Lipinski definition) is 0. The van der Waals surface area contributed by atoms with E-state index in [9.17, 15) is 4.79 Å². The lowest BCUT2D eigenvalue weighted by Gasteiger charge is -2.20. The number of amides is 1. The zero-order valence-electron chi connectivity index (χ0n) is 7.32. The lowest BCUT2D eigenvalue weighted by atomic mass is 10.0. The van der Waals surface area contributed by atoms with E-state index in [2.05, 4.69) is 6.54 Å². The van der Waals surface area contributed by atoms with Gasteiger partial charge >= 0.3 is 0 Å². The molecule has 1 aromatic carbocycles. The SMILES string of the molecule is CC(=O)N1[C]c2ccccc2C=C1. The van der Waals surface area contributed by atoms with Crippen molar-refractivity contribution in [3.05, 3.63) is 48.1 Å². The van der Waals surface area contributed by atoms with Crippen LogP contribution in [0.15, 0.2) is 30.5 Å². The first kappa shape index (κ1) is 8.05. The number of nitrogens with zero attached hydrogens (tertiary/aromatic N) is 1. The van der Waals surface area contributed by atoms with Crippen LogP contribution in [0.25, 0.3) is 6.08 Å². The first-order valence-corrected chi connectivity index (χ1v) is 4.11. The predicted molar refractivity (Wildman–Crippen MR) is 50.3 cm³/mol. The van der Waals surface area contributed by atoms with E-state index in [0.29, 0.717) is 0 Å². The summed E-state index contributed by atoms with van der Waals surface area (Å²) in [6, 6.07) is 7.84. The number of rotatable bonds is 0. The summed E-state index contributed by atoms with van der Waals surface area (Å²) in [5, 5.41) is 0. The Bertz CT molecular complexity index is 368. The van der Waals surface area contributed by atoms with Crippen LogP contribution in [0.2, 0.25) is 0 Å². The average molecular weight is 171 g/mol. The van der Waals surface area contributed by atoms with Crippen molar-refractivity contribution < 1.29 is 4.79 Å². The Morgan fingerprint density at radius 2 is 2.15 bits per heavy atom. The van der Waals surface area contributed by atoms with Crippen molar-refractivity contribution in [1.82, 2.24) is 4.90 Å². The molecule has 0 fully saturated rings. The molecule has 13 heavy (non-hydrogen) atoms. The lowest BCUT2D eigenvalue weighted by molar-refractivity contribution is -0.124. The van der Waals surface area contributed by atoms with Crippen molar-refractivity contribution in [2.45, 2.75) is 6.92 Å². The topological polar surface area (TPSA) is 20.3 Å². The molecule has 2 radical (unpaired) electrons. The molecule has 2 nitrogen and oxygen atoms in total. The molecule has 0 unspecified atom stereocenters. The highest BCUT2D eigenvalue weighted by molar-refractivity contribution is 5.78. The van der Waals surface area contributed by atoms with Crippen LogP contribution in [0.5, 0.6) is 0 Å². The zero-order valence-corrected chi connectivity index (χ0v) is 7.32. The molecule has 0 saturated carbocycles. The van der Waals surface area contributed by atoms with Gasteiger partial charge in [-0.1, -0.05) is 24.3 Å². The molecule has 1 heterocycles. The van der Waals surface area contributed by atoms with E-state index in [0.717, 1.165) is 11.1 Å². The van der Waals surface area contributed by atoms with E-state index in [1.165, 1.54) is 11.8 Å². The zero-order chi connectivity index (χ0) is 9.26. The lowest BCUT2D eigenvalue weighted by Crippen LogP contribution is -2.22. The van der Waals surface area contributed by atoms with E-state index in [-0.39, 0.29) is 5.91 Å². The number of benzene rings is 1. The highest BCUT2D eigenvalue weighted by Crippen LogP contribution is 2.20. The summed E-state index contributed by atoms with van der Waals surface area (Å²) in [6.45, 7) is 4.51. The number of fused-ring (bicyclic) bond motifs is 1. The van der Waals surface area contributed by atoms with Gasteiger partial charge in [-0.3, -0.25) is 4.79 Å². The third-order valence-corrected chi connectivity index (χ3v) is 1.94. The molecule has 1 aromatic rings. The second-order valence-electron chi connectivity index (χ2n) is 2.90. The first-order chi connectivity index (χ1) is 6.27. The van der Waals surface area contributed by atoms with Crippen LogP contribution >= 0.6 is 0 Å². The number of carbonyl (C=O) groups is 1. The Balaban J connectivity index is 2.34. The van der Waals surface area contributed by atoms with Gasteiger partial charge in [-0.2, -0.15) is 0 Å². The van der Waals surface area contributed by atoms with Crippen LogP contribution in [-0.2, 0) is 4.79 Å². The second-order valence-corrected chi connectivity index (χ2v) is 2.90. The quantitative estimate of drug-likeness (QED) is 0.584. The third-order valence-electron chi connectivity index (χ3n) is 1.94. The van der Waals surface area contributed by atoms with Gasteiger partial charge in [0.25, 0.3) is 0 Å². The van der Waals surface area contributed by atoms with E-state index in [4.69, 9.17) is 0 Å². The fraction of sp³-hybridized carbons (Fsp3) is 0.0909. The molecule has 2 heteroatoms. The van der Waals surface area contributed by atoms with E-state index in [1.54, 1.807) is 6.20 Å². The van der Waals surface area contributed by atoms with Crippen LogP contribution in [0.3, 0.4) is 0 Å². The first-order valence-electron chi connectivity index (χ1n) is 4.11. The summed E-state index contributed by atoms with van der Waals surface area (Å²) in [6.07, 6.45) is 3.64. The molecule has 2 rings (SSSR count). The molecular weight excluding hydrogens is 162 g/mol. The van der Waals surface area contributed by atoms with Crippen molar-refractivity contribution >= 4 is 12.0 Å². The Morgan fingerprint density at radius 3 is 2.92 bits per heavy atom. The smallest absolute Gasteiger partial charge is 0.224 e. The average Bonchev–Trinajstić information content (AvgIpc) is 2.17. The standard InChI is InChI=1S/C11H9NO/c1-9(13)12-7-6-10-4-2-3-5-11(10)8-12/h2-7H,1H3. The van der Waals surface area contributed by atoms with Crippen molar-refractivity contribution in [1.29, 1.82) is 0 Å². The van der Waals surface area contributed by atoms with Gasteiger partial charge < -0.3 is 4.90 Å². The van der Waals surface area contributed by atoms with Crippen LogP contribution in [0.1, 0.15) is 18.1 Å². The number of carbonyl (C=O) groups excluding carboxylic acids is 1. The van der Waals surface area contributed by atoms with Gasteiger partial charge in [-0.05, 0) is 17.2 Å². The summed E-state index contributed by atoms with van der Waals surface area (Å²) < 4.78 is 0. The third kappa shape index (κ3) is 1.47. The van der Waals surface area contributed by atoms with Crippen LogP contribution in [-0.4, -0.2) is 10.8 Å². The molecule has 1 aliphatic rings. The van der Waals surface area contributed by atoms with Gasteiger partial charge in [0.2, 0.25) is 5.91 Å². The fourth-order valence-corrected chi connectivity index (χ4v) is 1.25. The minimum absolute atomic E-state index is 0.0225. The maximum atomic E-state index is 11.0. The molecule has 0 atom stereocenters. The molecule has 1 amide bonds. The Morgan fingerprint density at radius 1 is 1.38 bits per heavy atom. The fourth-order valence-electron chi connectivity index (χ4n) is 1.25. The number of hydrogen-bond acceptors (Lipinski definition) is 1. The molecule has 0 spiro atoms. The molecule has 64 valence electrons. The summed E-state index contributed by atoms with van der Waals surface area (Å²) in [4.78, 5) is 12.5. The maximum absolute atomic E-state index is 11.0. The van der Waals surface area contributed by atoms with Crippen LogP contribution < -0.4 is 0 Å². The van der Waals surface area contributed by atoms with Crippen LogP contribution in [0.4, 0.5) is 0 Å². The summed E-state index contributed by atoms with van der Waals surface area (Å²) in [7, 11) is 0. The van der Waals surface area contributed by atoms with Crippen LogP contribution in [0, 0.1) is 6.54 Å². The van der Waals surface area contributed by atoms with Crippen molar-refractivity contribution in [2.24, 2.45) is 0 Å². The second kappa shape index (κ2) is 3.05. The molecule has 0 saturated heterocycles. The summed E-state index contributed by atoms with van der Waals surface area (Å²) >= 11 is 0. The molecule has 0 aliphatic carbocycles. The monoisotopic (exact) mass is 171 g/mol.